The van der Waals surface area contributed by atoms with E-state index in [1.165, 1.54) is 12.1 Å². The lowest BCUT2D eigenvalue weighted by atomic mass is 10.2. The van der Waals surface area contributed by atoms with Crippen LogP contribution in [-0.2, 0) is 11.3 Å². The number of benzene rings is 1. The van der Waals surface area contributed by atoms with Crippen molar-refractivity contribution in [3.05, 3.63) is 39.9 Å². The molecule has 0 radical (unpaired) electrons. The lowest BCUT2D eigenvalue weighted by molar-refractivity contribution is -0.384. The van der Waals surface area contributed by atoms with Gasteiger partial charge in [0.2, 0.25) is 0 Å². The average Bonchev–Trinajstić information content (AvgIpc) is 2.50. The van der Waals surface area contributed by atoms with Gasteiger partial charge in [-0.3, -0.25) is 10.1 Å². The molecule has 0 aliphatic heterocycles. The molecule has 0 aromatic heterocycles. The van der Waals surface area contributed by atoms with Crippen molar-refractivity contribution in [3.63, 3.8) is 0 Å². The normalized spacial score (nSPS) is 10.7. The number of nitro groups is 1. The van der Waals surface area contributed by atoms with Crippen molar-refractivity contribution < 1.29 is 9.66 Å². The number of non-ortho nitro benzene ring substituents is 1. The third kappa shape index (κ3) is 8.13. The number of nitro benzene ring substituents is 1. The van der Waals surface area contributed by atoms with Gasteiger partial charge >= 0.3 is 0 Å². The molecule has 0 saturated carbocycles. The molecule has 8 heteroatoms. The summed E-state index contributed by atoms with van der Waals surface area (Å²) in [5.74, 6) is 0.715. The second-order valence-corrected chi connectivity index (χ2v) is 4.43. The molecule has 0 spiro atoms. The van der Waals surface area contributed by atoms with Crippen LogP contribution in [0.3, 0.4) is 0 Å². The Morgan fingerprint density at radius 2 is 1.91 bits per heavy atom. The van der Waals surface area contributed by atoms with Crippen LogP contribution in [-0.4, -0.2) is 37.7 Å². The van der Waals surface area contributed by atoms with E-state index in [2.05, 4.69) is 22.5 Å². The number of hydrogen-bond acceptors (Lipinski definition) is 4. The first kappa shape index (κ1) is 20.6. The van der Waals surface area contributed by atoms with Gasteiger partial charge in [-0.25, -0.2) is 4.99 Å². The first-order chi connectivity index (χ1) is 10.2. The number of guanidine groups is 1. The van der Waals surface area contributed by atoms with Gasteiger partial charge in [0.1, 0.15) is 0 Å². The third-order valence-corrected chi connectivity index (χ3v) is 2.71. The number of ether oxygens (including phenoxy) is 1. The summed E-state index contributed by atoms with van der Waals surface area (Å²) in [6.45, 7) is 4.65. The molecule has 0 aliphatic carbocycles. The van der Waals surface area contributed by atoms with Crippen LogP contribution in [0, 0.1) is 10.1 Å². The molecular formula is C14H23IN4O3. The smallest absolute Gasteiger partial charge is 0.269 e. The predicted octanol–water partition coefficient (Wildman–Crippen LogP) is 2.30. The molecule has 0 heterocycles. The van der Waals surface area contributed by atoms with Crippen LogP contribution in [0.5, 0.6) is 0 Å². The Bertz CT molecular complexity index is 466. The molecule has 1 rings (SSSR count). The van der Waals surface area contributed by atoms with Gasteiger partial charge in [0, 0.05) is 32.3 Å². The molecule has 22 heavy (non-hydrogen) atoms. The molecule has 0 fully saturated rings. The van der Waals surface area contributed by atoms with Crippen molar-refractivity contribution >= 4 is 35.6 Å². The number of halogens is 1. The molecule has 7 nitrogen and oxygen atoms in total. The summed E-state index contributed by atoms with van der Waals surface area (Å²) in [6.07, 6.45) is 1.00. The molecular weight excluding hydrogens is 399 g/mol. The van der Waals surface area contributed by atoms with Crippen LogP contribution in [0.2, 0.25) is 0 Å². The minimum atomic E-state index is -0.409. The van der Waals surface area contributed by atoms with E-state index in [9.17, 15) is 10.1 Å². The van der Waals surface area contributed by atoms with E-state index in [-0.39, 0.29) is 29.7 Å². The maximum atomic E-state index is 10.6. The Morgan fingerprint density at radius 1 is 1.27 bits per heavy atom. The van der Waals surface area contributed by atoms with Crippen LogP contribution < -0.4 is 10.6 Å². The number of aliphatic imine (C=N–C) groups is 1. The largest absolute Gasteiger partial charge is 0.383 e. The van der Waals surface area contributed by atoms with E-state index in [4.69, 9.17) is 4.74 Å². The molecule has 124 valence electrons. The molecule has 0 amide bonds. The summed E-state index contributed by atoms with van der Waals surface area (Å²) in [5, 5.41) is 17.0. The van der Waals surface area contributed by atoms with Gasteiger partial charge in [-0.15, -0.1) is 24.0 Å². The monoisotopic (exact) mass is 422 g/mol. The topological polar surface area (TPSA) is 88.8 Å². The molecule has 1 aromatic carbocycles. The van der Waals surface area contributed by atoms with E-state index < -0.39 is 4.92 Å². The fourth-order valence-electron chi connectivity index (χ4n) is 1.58. The Balaban J connectivity index is 0.00000441. The van der Waals surface area contributed by atoms with E-state index in [1.807, 2.05) is 0 Å². The molecule has 0 bridgehead atoms. The first-order valence-electron chi connectivity index (χ1n) is 6.91. The average molecular weight is 422 g/mol. The van der Waals surface area contributed by atoms with Crippen molar-refractivity contribution in [1.29, 1.82) is 0 Å². The first-order valence-corrected chi connectivity index (χ1v) is 6.91. The number of rotatable bonds is 8. The minimum Gasteiger partial charge on any atom is -0.383 e. The second-order valence-electron chi connectivity index (χ2n) is 4.43. The predicted molar refractivity (Wildman–Crippen MR) is 97.8 cm³/mol. The van der Waals surface area contributed by atoms with Crippen molar-refractivity contribution in [2.24, 2.45) is 4.99 Å². The van der Waals surface area contributed by atoms with Gasteiger partial charge in [-0.1, -0.05) is 19.1 Å². The summed E-state index contributed by atoms with van der Waals surface area (Å²) < 4.78 is 4.99. The highest BCUT2D eigenvalue weighted by molar-refractivity contribution is 14.0. The summed E-state index contributed by atoms with van der Waals surface area (Å²) >= 11 is 0. The number of nitrogens with zero attached hydrogens (tertiary/aromatic N) is 2. The zero-order valence-corrected chi connectivity index (χ0v) is 15.2. The van der Waals surface area contributed by atoms with Crippen molar-refractivity contribution in [1.82, 2.24) is 10.6 Å². The van der Waals surface area contributed by atoms with E-state index in [0.717, 1.165) is 18.5 Å². The number of nitrogens with one attached hydrogen (secondary N) is 2. The van der Waals surface area contributed by atoms with Crippen LogP contribution in [0.1, 0.15) is 18.9 Å². The maximum absolute atomic E-state index is 10.6. The fraction of sp³-hybridized carbons (Fsp3) is 0.500. The van der Waals surface area contributed by atoms with Gasteiger partial charge in [0.05, 0.1) is 18.1 Å². The zero-order valence-electron chi connectivity index (χ0n) is 12.9. The molecule has 0 atom stereocenters. The Hall–Kier alpha value is -1.42. The highest BCUT2D eigenvalue weighted by Crippen LogP contribution is 2.12. The van der Waals surface area contributed by atoms with Crippen LogP contribution in [0.25, 0.3) is 0 Å². The standard InChI is InChI=1S/C14H22N4O3.HI/c1-3-8-15-14(16-9-10-21-2)17-11-12-4-6-13(7-5-12)18(19)20;/h4-7H,3,8-11H2,1-2H3,(H2,15,16,17);1H. The zero-order chi connectivity index (χ0) is 15.5. The summed E-state index contributed by atoms with van der Waals surface area (Å²) in [6, 6.07) is 6.41. The van der Waals surface area contributed by atoms with Gasteiger partial charge in [-0.2, -0.15) is 0 Å². The van der Waals surface area contributed by atoms with Crippen molar-refractivity contribution in [2.45, 2.75) is 19.9 Å². The van der Waals surface area contributed by atoms with E-state index in [0.29, 0.717) is 25.7 Å². The van der Waals surface area contributed by atoms with E-state index in [1.54, 1.807) is 19.2 Å². The summed E-state index contributed by atoms with van der Waals surface area (Å²) in [7, 11) is 1.65. The molecule has 2 N–H and O–H groups in total. The Kier molecular flexibility index (Phi) is 11.4. The van der Waals surface area contributed by atoms with Crippen LogP contribution in [0.15, 0.2) is 29.3 Å². The molecule has 0 aliphatic rings. The molecule has 0 saturated heterocycles. The van der Waals surface area contributed by atoms with Gasteiger partial charge in [-0.05, 0) is 12.0 Å². The van der Waals surface area contributed by atoms with Gasteiger partial charge in [0.25, 0.3) is 5.69 Å². The Morgan fingerprint density at radius 3 is 2.45 bits per heavy atom. The molecule has 0 unspecified atom stereocenters. The minimum absolute atomic E-state index is 0. The summed E-state index contributed by atoms with van der Waals surface area (Å²) in [5.41, 5.74) is 1.01. The molecule has 1 aromatic rings. The third-order valence-electron chi connectivity index (χ3n) is 2.71. The van der Waals surface area contributed by atoms with Crippen LogP contribution >= 0.6 is 24.0 Å². The van der Waals surface area contributed by atoms with Crippen LogP contribution in [0.4, 0.5) is 5.69 Å². The quantitative estimate of drug-likeness (QED) is 0.168. The lowest BCUT2D eigenvalue weighted by Gasteiger charge is -2.11. The number of methoxy groups -OCH3 is 1. The SMILES string of the molecule is CCCNC(=NCc1ccc([N+](=O)[O-])cc1)NCCOC.I. The van der Waals surface area contributed by atoms with E-state index >= 15 is 0 Å². The number of hydrogen-bond donors (Lipinski definition) is 2. The van der Waals surface area contributed by atoms with Gasteiger partial charge < -0.3 is 15.4 Å². The van der Waals surface area contributed by atoms with Gasteiger partial charge in [0.15, 0.2) is 5.96 Å². The van der Waals surface area contributed by atoms with Crippen molar-refractivity contribution in [2.75, 3.05) is 26.8 Å². The highest BCUT2D eigenvalue weighted by Gasteiger charge is 2.04. The fourth-order valence-corrected chi connectivity index (χ4v) is 1.58. The highest BCUT2D eigenvalue weighted by atomic mass is 127. The second kappa shape index (κ2) is 12.2. The lowest BCUT2D eigenvalue weighted by Crippen LogP contribution is -2.39. The summed E-state index contributed by atoms with van der Waals surface area (Å²) in [4.78, 5) is 14.6. The maximum Gasteiger partial charge on any atom is 0.269 e. The van der Waals surface area contributed by atoms with Crippen molar-refractivity contribution in [3.8, 4) is 0 Å². The Labute approximate surface area is 147 Å².